The van der Waals surface area contributed by atoms with E-state index in [1.54, 1.807) is 0 Å². The number of anilines is 2. The van der Waals surface area contributed by atoms with E-state index in [2.05, 4.69) is 29.3 Å². The third-order valence-electron chi connectivity index (χ3n) is 5.66. The molecule has 5 nitrogen and oxygen atoms in total. The van der Waals surface area contributed by atoms with Gasteiger partial charge in [0.05, 0.1) is 0 Å². The van der Waals surface area contributed by atoms with Crippen LogP contribution in [0.15, 0.2) is 48.5 Å². The molecule has 30 heavy (non-hydrogen) atoms. The summed E-state index contributed by atoms with van der Waals surface area (Å²) < 4.78 is 5.89. The minimum atomic E-state index is -0.181. The van der Waals surface area contributed by atoms with Crippen molar-refractivity contribution in [2.75, 3.05) is 29.9 Å². The molecule has 1 N–H and O–H groups in total. The highest BCUT2D eigenvalue weighted by Gasteiger charge is 2.18. The standard InChI is InChI=1S/C25H29N3O2/c1-17-9-11-21(19(3)14-17)26-24(29)16-30-22-8-4-7-20-10-12-23(27-25(20)22)28-13-5-6-18(2)15-28/h4,7-12,14,18H,5-6,13,15-16H2,1-3H3,(H,26,29)/t18-/m1/s1. The number of amides is 1. The molecule has 2 aromatic carbocycles. The van der Waals surface area contributed by atoms with Crippen molar-refractivity contribution in [3.05, 3.63) is 59.7 Å². The van der Waals surface area contributed by atoms with E-state index in [9.17, 15) is 4.79 Å². The Kier molecular flexibility index (Phi) is 5.88. The average Bonchev–Trinajstić information content (AvgIpc) is 2.74. The molecule has 1 amide bonds. The van der Waals surface area contributed by atoms with Gasteiger partial charge in [-0.2, -0.15) is 0 Å². The van der Waals surface area contributed by atoms with Crippen molar-refractivity contribution >= 4 is 28.3 Å². The van der Waals surface area contributed by atoms with Gasteiger partial charge in [-0.05, 0) is 62.4 Å². The van der Waals surface area contributed by atoms with Gasteiger partial charge in [0.15, 0.2) is 6.61 Å². The first kappa shape index (κ1) is 20.2. The first-order chi connectivity index (χ1) is 14.5. The van der Waals surface area contributed by atoms with Gasteiger partial charge in [-0.1, -0.05) is 36.8 Å². The van der Waals surface area contributed by atoms with Gasteiger partial charge in [0.25, 0.3) is 5.91 Å². The molecule has 156 valence electrons. The fourth-order valence-electron chi connectivity index (χ4n) is 4.08. The molecule has 0 saturated carbocycles. The van der Waals surface area contributed by atoms with Crippen molar-refractivity contribution in [3.8, 4) is 5.75 Å². The minimum Gasteiger partial charge on any atom is -0.481 e. The SMILES string of the molecule is Cc1ccc(NC(=O)COc2cccc3ccc(N4CCC[C@@H](C)C4)nc23)c(C)c1. The Bertz CT molecular complexity index is 1060. The van der Waals surface area contributed by atoms with Crippen LogP contribution in [-0.4, -0.2) is 30.6 Å². The minimum absolute atomic E-state index is 0.0565. The van der Waals surface area contributed by atoms with E-state index < -0.39 is 0 Å². The summed E-state index contributed by atoms with van der Waals surface area (Å²) in [5.74, 6) is 2.11. The Morgan fingerprint density at radius 1 is 1.20 bits per heavy atom. The normalized spacial score (nSPS) is 16.5. The van der Waals surface area contributed by atoms with Crippen LogP contribution in [0.4, 0.5) is 11.5 Å². The summed E-state index contributed by atoms with van der Waals surface area (Å²) in [4.78, 5) is 19.7. The molecule has 0 aliphatic carbocycles. The molecule has 0 bridgehead atoms. The molecule has 4 rings (SSSR count). The molecular weight excluding hydrogens is 374 g/mol. The van der Waals surface area contributed by atoms with Crippen molar-refractivity contribution in [1.29, 1.82) is 0 Å². The maximum Gasteiger partial charge on any atom is 0.262 e. The van der Waals surface area contributed by atoms with E-state index in [4.69, 9.17) is 9.72 Å². The van der Waals surface area contributed by atoms with E-state index in [0.29, 0.717) is 11.7 Å². The number of nitrogens with zero attached hydrogens (tertiary/aromatic N) is 2. The summed E-state index contributed by atoms with van der Waals surface area (Å²) >= 11 is 0. The lowest BCUT2D eigenvalue weighted by Crippen LogP contribution is -2.34. The zero-order chi connectivity index (χ0) is 21.1. The molecule has 1 aliphatic rings. The molecule has 5 heteroatoms. The highest BCUT2D eigenvalue weighted by atomic mass is 16.5. The third-order valence-corrected chi connectivity index (χ3v) is 5.66. The van der Waals surface area contributed by atoms with E-state index in [1.807, 2.05) is 50.2 Å². The fourth-order valence-corrected chi connectivity index (χ4v) is 4.08. The lowest BCUT2D eigenvalue weighted by atomic mass is 10.0. The number of fused-ring (bicyclic) bond motifs is 1. The number of aryl methyl sites for hydroxylation is 2. The number of hydrogen-bond donors (Lipinski definition) is 1. The van der Waals surface area contributed by atoms with Gasteiger partial charge < -0.3 is 15.0 Å². The number of nitrogens with one attached hydrogen (secondary N) is 1. The Balaban J connectivity index is 1.49. The van der Waals surface area contributed by atoms with Crippen LogP contribution in [0.3, 0.4) is 0 Å². The van der Waals surface area contributed by atoms with Crippen molar-refractivity contribution in [2.45, 2.75) is 33.6 Å². The van der Waals surface area contributed by atoms with Crippen LogP contribution in [0.5, 0.6) is 5.75 Å². The largest absolute Gasteiger partial charge is 0.481 e. The fraction of sp³-hybridized carbons (Fsp3) is 0.360. The molecule has 0 spiro atoms. The highest BCUT2D eigenvalue weighted by Crippen LogP contribution is 2.28. The van der Waals surface area contributed by atoms with Crippen molar-refractivity contribution in [1.82, 2.24) is 4.98 Å². The second-order valence-electron chi connectivity index (χ2n) is 8.35. The maximum absolute atomic E-state index is 12.4. The topological polar surface area (TPSA) is 54.5 Å². The lowest BCUT2D eigenvalue weighted by Gasteiger charge is -2.32. The van der Waals surface area contributed by atoms with E-state index in [0.717, 1.165) is 41.1 Å². The van der Waals surface area contributed by atoms with Crippen LogP contribution in [0.25, 0.3) is 10.9 Å². The van der Waals surface area contributed by atoms with E-state index in [1.165, 1.54) is 18.4 Å². The number of carbonyl (C=O) groups excluding carboxylic acids is 1. The molecule has 1 saturated heterocycles. The second-order valence-corrected chi connectivity index (χ2v) is 8.35. The summed E-state index contributed by atoms with van der Waals surface area (Å²) in [5.41, 5.74) is 3.82. The highest BCUT2D eigenvalue weighted by molar-refractivity contribution is 5.93. The molecule has 2 heterocycles. The van der Waals surface area contributed by atoms with Gasteiger partial charge in [0.2, 0.25) is 0 Å². The second kappa shape index (κ2) is 8.74. The first-order valence-electron chi connectivity index (χ1n) is 10.6. The predicted octanol–water partition coefficient (Wildman–Crippen LogP) is 5.11. The monoisotopic (exact) mass is 403 g/mol. The van der Waals surface area contributed by atoms with E-state index >= 15 is 0 Å². The molecule has 0 unspecified atom stereocenters. The predicted molar refractivity (Wildman–Crippen MR) is 122 cm³/mol. The molecule has 1 aromatic heterocycles. The van der Waals surface area contributed by atoms with E-state index in [-0.39, 0.29) is 12.5 Å². The average molecular weight is 404 g/mol. The van der Waals surface area contributed by atoms with Crippen LogP contribution in [0.2, 0.25) is 0 Å². The number of aromatic nitrogens is 1. The maximum atomic E-state index is 12.4. The lowest BCUT2D eigenvalue weighted by molar-refractivity contribution is -0.118. The van der Waals surface area contributed by atoms with Crippen LogP contribution in [-0.2, 0) is 4.79 Å². The number of carbonyl (C=O) groups is 1. The number of hydrogen-bond acceptors (Lipinski definition) is 4. The number of ether oxygens (including phenoxy) is 1. The third kappa shape index (κ3) is 4.56. The van der Waals surface area contributed by atoms with Crippen LogP contribution in [0, 0.1) is 19.8 Å². The first-order valence-corrected chi connectivity index (χ1v) is 10.6. The van der Waals surface area contributed by atoms with Gasteiger partial charge in [0.1, 0.15) is 17.1 Å². The van der Waals surface area contributed by atoms with Crippen LogP contribution >= 0.6 is 0 Å². The summed E-state index contributed by atoms with van der Waals surface area (Å²) in [6.45, 7) is 8.31. The van der Waals surface area contributed by atoms with Gasteiger partial charge in [0, 0.05) is 24.2 Å². The Hall–Kier alpha value is -3.08. The van der Waals surface area contributed by atoms with Crippen molar-refractivity contribution in [2.24, 2.45) is 5.92 Å². The molecule has 3 aromatic rings. The quantitative estimate of drug-likeness (QED) is 0.643. The number of benzene rings is 2. The van der Waals surface area contributed by atoms with Crippen molar-refractivity contribution < 1.29 is 9.53 Å². The van der Waals surface area contributed by atoms with Gasteiger partial charge >= 0.3 is 0 Å². The molecule has 1 aliphatic heterocycles. The molecule has 1 fully saturated rings. The zero-order valence-electron chi connectivity index (χ0n) is 17.9. The van der Waals surface area contributed by atoms with Gasteiger partial charge in [-0.15, -0.1) is 0 Å². The zero-order valence-corrected chi connectivity index (χ0v) is 17.9. The molecular formula is C25H29N3O2. The number of piperidine rings is 1. The summed E-state index contributed by atoms with van der Waals surface area (Å²) in [6.07, 6.45) is 2.46. The van der Waals surface area contributed by atoms with Crippen LogP contribution < -0.4 is 15.0 Å². The van der Waals surface area contributed by atoms with Gasteiger partial charge in [-0.25, -0.2) is 4.98 Å². The Morgan fingerprint density at radius 3 is 2.87 bits per heavy atom. The number of rotatable bonds is 5. The number of para-hydroxylation sites is 1. The molecule has 1 atom stereocenters. The Labute approximate surface area is 178 Å². The number of pyridine rings is 1. The molecule has 0 radical (unpaired) electrons. The summed E-state index contributed by atoms with van der Waals surface area (Å²) in [6, 6.07) is 16.0. The van der Waals surface area contributed by atoms with Gasteiger partial charge in [-0.3, -0.25) is 4.79 Å². The smallest absolute Gasteiger partial charge is 0.262 e. The summed E-state index contributed by atoms with van der Waals surface area (Å²) in [5, 5.41) is 3.94. The van der Waals surface area contributed by atoms with Crippen LogP contribution in [0.1, 0.15) is 30.9 Å². The summed E-state index contributed by atoms with van der Waals surface area (Å²) in [7, 11) is 0. The Morgan fingerprint density at radius 2 is 2.07 bits per heavy atom. The van der Waals surface area contributed by atoms with Crippen molar-refractivity contribution in [3.63, 3.8) is 0 Å².